The summed E-state index contributed by atoms with van der Waals surface area (Å²) >= 11 is 0. The summed E-state index contributed by atoms with van der Waals surface area (Å²) in [5.74, 6) is 1.41. The molecule has 7 heteroatoms. The molecule has 3 aromatic heterocycles. The molecule has 24 heavy (non-hydrogen) atoms. The summed E-state index contributed by atoms with van der Waals surface area (Å²) in [6.07, 6.45) is 4.97. The third-order valence-corrected chi connectivity index (χ3v) is 4.48. The monoisotopic (exact) mass is 325 g/mol. The minimum Gasteiger partial charge on any atom is -0.467 e. The van der Waals surface area contributed by atoms with E-state index in [1.807, 2.05) is 23.1 Å². The molecule has 4 heterocycles. The van der Waals surface area contributed by atoms with Crippen molar-refractivity contribution in [1.82, 2.24) is 24.5 Å². The number of carbonyl (C=O) groups excluding carboxylic acids is 1. The van der Waals surface area contributed by atoms with Crippen molar-refractivity contribution in [2.75, 3.05) is 6.54 Å². The lowest BCUT2D eigenvalue weighted by Gasteiger charge is -2.23. The van der Waals surface area contributed by atoms with E-state index in [-0.39, 0.29) is 17.9 Å². The number of hydrogen-bond acceptors (Lipinski definition) is 5. The van der Waals surface area contributed by atoms with Crippen LogP contribution >= 0.6 is 0 Å². The van der Waals surface area contributed by atoms with Crippen LogP contribution in [0.3, 0.4) is 0 Å². The number of likely N-dealkylation sites (tertiary alicyclic amines) is 1. The molecule has 0 aliphatic carbocycles. The van der Waals surface area contributed by atoms with Gasteiger partial charge < -0.3 is 9.32 Å². The second-order valence-corrected chi connectivity index (χ2v) is 6.36. The van der Waals surface area contributed by atoms with E-state index in [1.165, 1.54) is 6.33 Å². The van der Waals surface area contributed by atoms with Crippen molar-refractivity contribution in [1.29, 1.82) is 0 Å². The maximum atomic E-state index is 13.1. The summed E-state index contributed by atoms with van der Waals surface area (Å²) in [6, 6.07) is 5.58. The number of carbonyl (C=O) groups is 1. The second kappa shape index (κ2) is 5.74. The van der Waals surface area contributed by atoms with Crippen LogP contribution in [0.1, 0.15) is 60.6 Å². The number of aromatic nitrogens is 4. The Morgan fingerprint density at radius 2 is 2.29 bits per heavy atom. The highest BCUT2D eigenvalue weighted by atomic mass is 16.3. The van der Waals surface area contributed by atoms with Crippen molar-refractivity contribution in [2.45, 2.75) is 38.6 Å². The summed E-state index contributed by atoms with van der Waals surface area (Å²) < 4.78 is 7.20. The maximum absolute atomic E-state index is 13.1. The lowest BCUT2D eigenvalue weighted by atomic mass is 10.1. The Hall–Kier alpha value is -2.70. The lowest BCUT2D eigenvalue weighted by molar-refractivity contribution is 0.0714. The average Bonchev–Trinajstić information content (AvgIpc) is 3.31. The first-order valence-electron chi connectivity index (χ1n) is 8.20. The Kier molecular flexibility index (Phi) is 3.55. The first-order chi connectivity index (χ1) is 11.6. The molecule has 0 unspecified atom stereocenters. The fourth-order valence-corrected chi connectivity index (χ4v) is 3.29. The van der Waals surface area contributed by atoms with Crippen LogP contribution in [0.4, 0.5) is 0 Å². The summed E-state index contributed by atoms with van der Waals surface area (Å²) in [5.41, 5.74) is 1.34. The number of rotatable bonds is 3. The minimum atomic E-state index is -0.0821. The van der Waals surface area contributed by atoms with Gasteiger partial charge in [0.15, 0.2) is 0 Å². The van der Waals surface area contributed by atoms with Crippen LogP contribution in [-0.4, -0.2) is 36.9 Å². The van der Waals surface area contributed by atoms with Crippen molar-refractivity contribution in [3.8, 4) is 0 Å². The van der Waals surface area contributed by atoms with Gasteiger partial charge in [0.25, 0.3) is 11.7 Å². The highest BCUT2D eigenvalue weighted by Gasteiger charge is 2.33. The zero-order valence-corrected chi connectivity index (χ0v) is 13.7. The summed E-state index contributed by atoms with van der Waals surface area (Å²) in [5, 5.41) is 4.20. The van der Waals surface area contributed by atoms with Gasteiger partial charge in [0.2, 0.25) is 0 Å². The molecule has 1 saturated heterocycles. The number of nitrogens with zero attached hydrogens (tertiary/aromatic N) is 5. The van der Waals surface area contributed by atoms with E-state index in [9.17, 15) is 4.79 Å². The van der Waals surface area contributed by atoms with Crippen LogP contribution in [0.25, 0.3) is 5.78 Å². The minimum absolute atomic E-state index is 0.0223. The normalized spacial score (nSPS) is 18.0. The van der Waals surface area contributed by atoms with Gasteiger partial charge >= 0.3 is 0 Å². The summed E-state index contributed by atoms with van der Waals surface area (Å²) in [6.45, 7) is 4.83. The smallest absolute Gasteiger partial charge is 0.273 e. The molecule has 1 atom stereocenters. The molecule has 3 aromatic rings. The van der Waals surface area contributed by atoms with Crippen LogP contribution in [-0.2, 0) is 0 Å². The molecule has 124 valence electrons. The zero-order chi connectivity index (χ0) is 16.7. The SMILES string of the molecule is CC(C)c1cc(C(=O)N2CCC[C@@H]2c2ccco2)nc2ncnn12. The van der Waals surface area contributed by atoms with Crippen LogP contribution < -0.4 is 0 Å². The molecular weight excluding hydrogens is 306 g/mol. The van der Waals surface area contributed by atoms with Gasteiger partial charge in [-0.15, -0.1) is 0 Å². The molecule has 0 spiro atoms. The van der Waals surface area contributed by atoms with Gasteiger partial charge in [0, 0.05) is 6.54 Å². The van der Waals surface area contributed by atoms with E-state index in [0.29, 0.717) is 18.0 Å². The summed E-state index contributed by atoms with van der Waals surface area (Å²) in [7, 11) is 0. The van der Waals surface area contributed by atoms with Crippen molar-refractivity contribution < 1.29 is 9.21 Å². The largest absolute Gasteiger partial charge is 0.467 e. The lowest BCUT2D eigenvalue weighted by Crippen LogP contribution is -2.31. The maximum Gasteiger partial charge on any atom is 0.273 e. The van der Waals surface area contributed by atoms with Crippen LogP contribution in [0, 0.1) is 0 Å². The van der Waals surface area contributed by atoms with E-state index >= 15 is 0 Å². The molecule has 0 bridgehead atoms. The molecule has 1 aliphatic heterocycles. The third-order valence-electron chi connectivity index (χ3n) is 4.48. The van der Waals surface area contributed by atoms with Crippen molar-refractivity contribution in [3.05, 3.63) is 47.9 Å². The van der Waals surface area contributed by atoms with Crippen LogP contribution in [0.5, 0.6) is 0 Å². The molecule has 0 saturated carbocycles. The Bertz CT molecular complexity index is 868. The number of amides is 1. The van der Waals surface area contributed by atoms with Gasteiger partial charge in [-0.2, -0.15) is 10.1 Å². The first kappa shape index (κ1) is 14.9. The molecule has 1 fully saturated rings. The zero-order valence-electron chi connectivity index (χ0n) is 13.7. The van der Waals surface area contributed by atoms with Gasteiger partial charge in [-0.1, -0.05) is 13.8 Å². The van der Waals surface area contributed by atoms with Crippen molar-refractivity contribution in [3.63, 3.8) is 0 Å². The molecule has 0 aromatic carbocycles. The predicted molar refractivity (Wildman–Crippen MR) is 86.6 cm³/mol. The van der Waals surface area contributed by atoms with Gasteiger partial charge in [-0.25, -0.2) is 9.50 Å². The van der Waals surface area contributed by atoms with E-state index < -0.39 is 0 Å². The number of fused-ring (bicyclic) bond motifs is 1. The van der Waals surface area contributed by atoms with E-state index in [0.717, 1.165) is 24.3 Å². The van der Waals surface area contributed by atoms with E-state index in [4.69, 9.17) is 4.42 Å². The molecule has 7 nitrogen and oxygen atoms in total. The Morgan fingerprint density at radius 3 is 3.04 bits per heavy atom. The fraction of sp³-hybridized carbons (Fsp3) is 0.412. The molecule has 0 N–H and O–H groups in total. The highest BCUT2D eigenvalue weighted by Crippen LogP contribution is 2.33. The molecule has 0 radical (unpaired) electrons. The molecule has 4 rings (SSSR count). The van der Waals surface area contributed by atoms with Crippen molar-refractivity contribution >= 4 is 11.7 Å². The molecule has 1 amide bonds. The topological polar surface area (TPSA) is 76.5 Å². The van der Waals surface area contributed by atoms with Gasteiger partial charge in [0.1, 0.15) is 17.8 Å². The fourth-order valence-electron chi connectivity index (χ4n) is 3.29. The van der Waals surface area contributed by atoms with E-state index in [1.54, 1.807) is 10.8 Å². The van der Waals surface area contributed by atoms with Crippen LogP contribution in [0.2, 0.25) is 0 Å². The van der Waals surface area contributed by atoms with E-state index in [2.05, 4.69) is 28.9 Å². The molecular formula is C17H19N5O2. The van der Waals surface area contributed by atoms with Gasteiger partial charge in [0.05, 0.1) is 18.0 Å². The summed E-state index contributed by atoms with van der Waals surface area (Å²) in [4.78, 5) is 23.5. The first-order valence-corrected chi connectivity index (χ1v) is 8.20. The van der Waals surface area contributed by atoms with Gasteiger partial charge in [-0.3, -0.25) is 4.79 Å². The van der Waals surface area contributed by atoms with Crippen LogP contribution in [0.15, 0.2) is 35.2 Å². The Labute approximate surface area is 139 Å². The quantitative estimate of drug-likeness (QED) is 0.740. The van der Waals surface area contributed by atoms with Gasteiger partial charge in [-0.05, 0) is 37.0 Å². The number of furan rings is 1. The Balaban J connectivity index is 1.72. The third kappa shape index (κ3) is 2.36. The Morgan fingerprint density at radius 1 is 1.42 bits per heavy atom. The average molecular weight is 325 g/mol. The molecule has 1 aliphatic rings. The number of hydrogen-bond donors (Lipinski definition) is 0. The standard InChI is InChI=1S/C17H19N5O2/c1-11(2)14-9-12(20-17-18-10-19-22(14)17)16(23)21-7-3-5-13(21)15-6-4-8-24-15/h4,6,8-11,13H,3,5,7H2,1-2H3/t13-/m1/s1. The van der Waals surface area contributed by atoms with Crippen molar-refractivity contribution in [2.24, 2.45) is 0 Å². The highest BCUT2D eigenvalue weighted by molar-refractivity contribution is 5.93. The second-order valence-electron chi connectivity index (χ2n) is 6.36. The predicted octanol–water partition coefficient (Wildman–Crippen LogP) is 2.82.